The number of rotatable bonds is 9. The maximum atomic E-state index is 13.5. The Kier molecular flexibility index (Phi) is 10.7. The number of thioether (sulfide) groups is 2. The lowest BCUT2D eigenvalue weighted by Crippen LogP contribution is -2.71. The first-order valence-electron chi connectivity index (χ1n) is 13.1. The number of β-lactam (4-membered cyclic amide) rings is 1. The zero-order valence-corrected chi connectivity index (χ0v) is 26.7. The molecule has 1 unspecified atom stereocenters. The van der Waals surface area contributed by atoms with Gasteiger partial charge in [-0.15, -0.1) is 16.9 Å². The molecule has 2 aromatic heterocycles. The summed E-state index contributed by atoms with van der Waals surface area (Å²) in [6, 6.07) is 4.45. The number of carbonyl (C=O) groups is 4. The molecule has 0 bridgehead atoms. The molecule has 3 amide bonds. The lowest BCUT2D eigenvalue weighted by atomic mass is 10.0. The zero-order chi connectivity index (χ0) is 34.6. The van der Waals surface area contributed by atoms with E-state index in [1.54, 1.807) is 14.0 Å². The van der Waals surface area contributed by atoms with Gasteiger partial charge in [-0.25, -0.2) is 9.48 Å². The lowest BCUT2D eigenvalue weighted by molar-refractivity contribution is -0.151. The maximum absolute atomic E-state index is 13.5. The van der Waals surface area contributed by atoms with Crippen molar-refractivity contribution in [3.05, 3.63) is 64.6 Å². The van der Waals surface area contributed by atoms with E-state index >= 15 is 0 Å². The Balaban J connectivity index is 0.000000930. The number of hydrogen-bond acceptors (Lipinski definition) is 14. The van der Waals surface area contributed by atoms with E-state index in [9.17, 15) is 34.5 Å². The number of amides is 3. The molecule has 1 fully saturated rings. The van der Waals surface area contributed by atoms with Crippen LogP contribution >= 0.6 is 23.5 Å². The molecule has 1 aromatic carbocycles. The van der Waals surface area contributed by atoms with Crippen LogP contribution in [0, 0.1) is 6.92 Å². The van der Waals surface area contributed by atoms with Gasteiger partial charge in [0.25, 0.3) is 11.8 Å². The average Bonchev–Trinajstić information content (AvgIpc) is 3.40. The summed E-state index contributed by atoms with van der Waals surface area (Å²) in [6.45, 7) is 1.64. The molecular formula is C25H26N8O11S3. The molecule has 0 aliphatic carbocycles. The fraction of sp³-hybridized carbons (Fsp3) is 0.280. The van der Waals surface area contributed by atoms with Crippen molar-refractivity contribution in [1.29, 1.82) is 0 Å². The van der Waals surface area contributed by atoms with E-state index in [4.69, 9.17) is 17.5 Å². The van der Waals surface area contributed by atoms with E-state index in [0.717, 1.165) is 4.90 Å². The van der Waals surface area contributed by atoms with Crippen LogP contribution in [-0.4, -0.2) is 110 Å². The van der Waals surface area contributed by atoms with E-state index in [1.165, 1.54) is 64.7 Å². The summed E-state index contributed by atoms with van der Waals surface area (Å²) < 4.78 is 33.0. The van der Waals surface area contributed by atoms with Gasteiger partial charge < -0.3 is 26.0 Å². The lowest BCUT2D eigenvalue weighted by Gasteiger charge is -2.49. The number of nitrogens with one attached hydrogen (secondary N) is 2. The minimum absolute atomic E-state index is 0.0644. The van der Waals surface area contributed by atoms with Gasteiger partial charge in [-0.1, -0.05) is 23.9 Å². The molecule has 0 radical (unpaired) electrons. The molecule has 22 heteroatoms. The number of aromatic hydroxyl groups is 2. The van der Waals surface area contributed by atoms with Crippen LogP contribution in [0.4, 0.5) is 0 Å². The highest BCUT2D eigenvalue weighted by atomic mass is 32.3. The van der Waals surface area contributed by atoms with Gasteiger partial charge in [-0.05, 0) is 40.6 Å². The third-order valence-electron chi connectivity index (χ3n) is 6.53. The first-order chi connectivity index (χ1) is 22.0. The van der Waals surface area contributed by atoms with E-state index < -0.39 is 51.5 Å². The summed E-state index contributed by atoms with van der Waals surface area (Å²) in [7, 11) is -3.01. The van der Waals surface area contributed by atoms with Crippen LogP contribution in [0.15, 0.2) is 53.0 Å². The van der Waals surface area contributed by atoms with Crippen molar-refractivity contribution < 1.29 is 52.0 Å². The molecule has 5 rings (SSSR count). The number of benzene rings is 1. The standard InChI is InChI=1S/C25H24N8O7S2.H2O4S/c1-11-7-16(35)15(8-26-11)20(36)27-17(12-3-5-14(34)6-4-12)21(37)28-18-22(38)33-19(24(39)40)13(9-41-23(18)33)10-42-25-29-30-31-32(25)2;1-5(2,3)4/h3-8,17-18,23,34H,9-10H2,1-2H3,(H,26,35)(H,27,36)(H,28,37)(H,39,40);(H2,1,2,3,4)/t17?,18-,23-;/m1./s1. The van der Waals surface area contributed by atoms with Crippen molar-refractivity contribution in [2.45, 2.75) is 29.5 Å². The number of phenolic OH excluding ortho intramolecular Hbond substituents is 1. The second-order valence-corrected chi connectivity index (χ2v) is 12.8. The number of carboxylic acids is 1. The van der Waals surface area contributed by atoms with Crippen molar-refractivity contribution in [3.63, 3.8) is 0 Å². The van der Waals surface area contributed by atoms with Gasteiger partial charge in [0.05, 0.1) is 5.56 Å². The van der Waals surface area contributed by atoms with Crippen LogP contribution in [0.5, 0.6) is 11.5 Å². The van der Waals surface area contributed by atoms with Crippen LogP contribution in [0.2, 0.25) is 0 Å². The molecule has 1 saturated heterocycles. The highest BCUT2D eigenvalue weighted by Gasteiger charge is 2.54. The van der Waals surface area contributed by atoms with E-state index in [-0.39, 0.29) is 28.5 Å². The topological polar surface area (TPSA) is 287 Å². The van der Waals surface area contributed by atoms with Crippen molar-refractivity contribution >= 4 is 57.6 Å². The fourth-order valence-corrected chi connectivity index (χ4v) is 6.76. The van der Waals surface area contributed by atoms with Crippen LogP contribution in [0.3, 0.4) is 0 Å². The van der Waals surface area contributed by atoms with Crippen LogP contribution < -0.4 is 10.6 Å². The number of pyridine rings is 1. The fourth-order valence-electron chi connectivity index (χ4n) is 4.42. The molecule has 7 N–H and O–H groups in total. The molecule has 2 aliphatic rings. The van der Waals surface area contributed by atoms with Crippen LogP contribution in [0.1, 0.15) is 27.7 Å². The number of carbonyl (C=O) groups excluding carboxylic acids is 3. The number of fused-ring (bicyclic) bond motifs is 1. The highest BCUT2D eigenvalue weighted by Crippen LogP contribution is 2.41. The number of tetrazole rings is 1. The molecule has 0 spiro atoms. The van der Waals surface area contributed by atoms with Crippen molar-refractivity contribution in [2.24, 2.45) is 7.05 Å². The number of carboxylic acid groups (broad SMARTS) is 1. The quantitative estimate of drug-likeness (QED) is 0.0850. The van der Waals surface area contributed by atoms with Crippen LogP contribution in [0.25, 0.3) is 0 Å². The molecule has 47 heavy (non-hydrogen) atoms. The second-order valence-electron chi connectivity index (χ2n) is 9.82. The maximum Gasteiger partial charge on any atom is 0.394 e. The van der Waals surface area contributed by atoms with E-state index in [0.29, 0.717) is 27.7 Å². The Labute approximate surface area is 274 Å². The molecule has 4 heterocycles. The minimum Gasteiger partial charge on any atom is -0.508 e. The normalized spacial score (nSPS) is 17.9. The molecule has 250 valence electrons. The average molecular weight is 711 g/mol. The first kappa shape index (κ1) is 35.1. The summed E-state index contributed by atoms with van der Waals surface area (Å²) in [5, 5.41) is 46.0. The number of nitrogens with zero attached hydrogens (tertiary/aromatic N) is 6. The molecule has 3 atom stereocenters. The Morgan fingerprint density at radius 3 is 2.40 bits per heavy atom. The van der Waals surface area contributed by atoms with E-state index in [1.807, 2.05) is 0 Å². The predicted molar refractivity (Wildman–Crippen MR) is 162 cm³/mol. The summed E-state index contributed by atoms with van der Waals surface area (Å²) >= 11 is 2.53. The van der Waals surface area contributed by atoms with Gasteiger partial charge >= 0.3 is 16.4 Å². The summed E-state index contributed by atoms with van der Waals surface area (Å²) in [4.78, 5) is 57.1. The SMILES string of the molecule is Cc1cc(O)c(C(=O)NC(C(=O)N[C@@H]2C(=O)N3C(C(=O)O)=C(CSc4nnnn4C)CS[C@H]23)c2ccc(O)cc2)cn1.O=S(=O)(O)O. The highest BCUT2D eigenvalue weighted by molar-refractivity contribution is 8.01. The minimum atomic E-state index is -4.67. The molecular weight excluding hydrogens is 685 g/mol. The molecule has 19 nitrogen and oxygen atoms in total. The Hall–Kier alpha value is -4.77. The van der Waals surface area contributed by atoms with Gasteiger partial charge in [0.15, 0.2) is 0 Å². The van der Waals surface area contributed by atoms with Gasteiger partial charge in [0.1, 0.15) is 34.7 Å². The van der Waals surface area contributed by atoms with Crippen molar-refractivity contribution in [2.75, 3.05) is 11.5 Å². The number of phenols is 1. The predicted octanol–water partition coefficient (Wildman–Crippen LogP) is -0.326. The third kappa shape index (κ3) is 8.53. The Morgan fingerprint density at radius 2 is 1.83 bits per heavy atom. The van der Waals surface area contributed by atoms with Gasteiger partial charge in [-0.2, -0.15) is 8.42 Å². The first-order valence-corrected chi connectivity index (χ1v) is 16.5. The second kappa shape index (κ2) is 14.3. The van der Waals surface area contributed by atoms with Gasteiger partial charge in [0.2, 0.25) is 11.1 Å². The Bertz CT molecular complexity index is 1840. The van der Waals surface area contributed by atoms with Crippen LogP contribution in [-0.2, 0) is 31.8 Å². The summed E-state index contributed by atoms with van der Waals surface area (Å²) in [6.07, 6.45) is 1.17. The van der Waals surface area contributed by atoms with E-state index in [2.05, 4.69) is 31.1 Å². The third-order valence-corrected chi connectivity index (χ3v) is 8.97. The molecule has 3 aromatic rings. The zero-order valence-electron chi connectivity index (χ0n) is 24.2. The Morgan fingerprint density at radius 1 is 1.17 bits per heavy atom. The largest absolute Gasteiger partial charge is 0.508 e. The smallest absolute Gasteiger partial charge is 0.394 e. The number of aliphatic carboxylic acids is 1. The molecule has 2 aliphatic heterocycles. The van der Waals surface area contributed by atoms with Crippen molar-refractivity contribution in [1.82, 2.24) is 40.7 Å². The van der Waals surface area contributed by atoms with Gasteiger partial charge in [-0.3, -0.25) is 33.4 Å². The summed E-state index contributed by atoms with van der Waals surface area (Å²) in [5.74, 6) is -3.29. The molecule has 0 saturated carbocycles. The monoisotopic (exact) mass is 710 g/mol. The summed E-state index contributed by atoms with van der Waals surface area (Å²) in [5.41, 5.74) is 0.974. The van der Waals surface area contributed by atoms with Gasteiger partial charge in [0, 0.05) is 36.5 Å². The number of hydrogen-bond donors (Lipinski definition) is 7. The number of aryl methyl sites for hydroxylation is 2. The number of aromatic nitrogens is 5. The van der Waals surface area contributed by atoms with Crippen molar-refractivity contribution in [3.8, 4) is 11.5 Å².